The lowest BCUT2D eigenvalue weighted by molar-refractivity contribution is -0.167. The third-order valence-corrected chi connectivity index (χ3v) is 8.63. The fourth-order valence-corrected chi connectivity index (χ4v) is 6.17. The number of carbonyl (C=O) groups is 4. The van der Waals surface area contributed by atoms with Crippen LogP contribution in [0, 0.1) is 11.3 Å². The predicted molar refractivity (Wildman–Crippen MR) is 131 cm³/mol. The lowest BCUT2D eigenvalue weighted by Gasteiger charge is -2.55. The molecule has 2 aliphatic heterocycles. The Labute approximate surface area is 217 Å². The van der Waals surface area contributed by atoms with Crippen LogP contribution in [0.25, 0.3) is 0 Å². The average Bonchev–Trinajstić information content (AvgIpc) is 3.35. The van der Waals surface area contributed by atoms with E-state index in [4.69, 9.17) is 18.9 Å². The number of likely N-dealkylation sites (N-methyl/N-ethyl adjacent to an activating group) is 1. The maximum Gasteiger partial charge on any atom is 0.369 e. The minimum absolute atomic E-state index is 0.0552. The monoisotopic (exact) mass is 537 g/mol. The Hall–Kier alpha value is -3.11. The zero-order valence-electron chi connectivity index (χ0n) is 20.6. The van der Waals surface area contributed by atoms with E-state index in [2.05, 4.69) is 0 Å². The molecule has 2 heterocycles. The molecule has 0 saturated carbocycles. The maximum atomic E-state index is 14.3. The van der Waals surface area contributed by atoms with Gasteiger partial charge in [0.25, 0.3) is 11.8 Å². The highest BCUT2D eigenvalue weighted by atomic mass is 32.2. The van der Waals surface area contributed by atoms with E-state index in [9.17, 15) is 24.4 Å². The first-order chi connectivity index (χ1) is 17.1. The number of hydrogen-bond acceptors (Lipinski definition) is 11. The summed E-state index contributed by atoms with van der Waals surface area (Å²) < 4.78 is 20.5. The van der Waals surface area contributed by atoms with E-state index < -0.39 is 38.2 Å². The van der Waals surface area contributed by atoms with Crippen molar-refractivity contribution in [1.82, 2.24) is 9.80 Å². The first-order valence-corrected chi connectivity index (χ1v) is 12.6. The second-order valence-corrected chi connectivity index (χ2v) is 10.7. The number of ether oxygens (including phenoxy) is 4. The molecule has 1 aromatic rings. The van der Waals surface area contributed by atoms with E-state index in [0.717, 1.165) is 4.90 Å². The highest BCUT2D eigenvalue weighted by Crippen LogP contribution is 2.51. The van der Waals surface area contributed by atoms with Crippen molar-refractivity contribution in [3.05, 3.63) is 23.8 Å². The van der Waals surface area contributed by atoms with Crippen molar-refractivity contribution in [1.29, 1.82) is 5.26 Å². The molecule has 1 unspecified atom stereocenters. The summed E-state index contributed by atoms with van der Waals surface area (Å²) in [5.74, 6) is -0.196. The molecular weight excluding hydrogens is 510 g/mol. The summed E-state index contributed by atoms with van der Waals surface area (Å²) in [6, 6.07) is 6.45. The van der Waals surface area contributed by atoms with Gasteiger partial charge in [-0.3, -0.25) is 9.59 Å². The smallest absolute Gasteiger partial charge is 0.369 e. The minimum atomic E-state index is -1.80. The summed E-state index contributed by atoms with van der Waals surface area (Å²) in [6.07, 6.45) is 0.0847. The predicted octanol–water partition coefficient (Wildman–Crippen LogP) is 3.88. The van der Waals surface area contributed by atoms with E-state index in [-0.39, 0.29) is 19.6 Å². The van der Waals surface area contributed by atoms with Crippen molar-refractivity contribution >= 4 is 45.9 Å². The van der Waals surface area contributed by atoms with Gasteiger partial charge in [-0.05, 0) is 54.6 Å². The van der Waals surface area contributed by atoms with E-state index in [1.807, 2.05) is 13.0 Å². The van der Waals surface area contributed by atoms with Crippen molar-refractivity contribution < 1.29 is 38.1 Å². The zero-order chi connectivity index (χ0) is 26.7. The van der Waals surface area contributed by atoms with Gasteiger partial charge in [0.05, 0.1) is 26.3 Å². The third-order valence-electron chi connectivity index (χ3n) is 6.21. The van der Waals surface area contributed by atoms with Crippen LogP contribution in [0.3, 0.4) is 0 Å². The Morgan fingerprint density at radius 1 is 1.14 bits per heavy atom. The molecule has 0 aliphatic carbocycles. The second-order valence-electron chi connectivity index (χ2n) is 8.11. The number of nitrogens with zero attached hydrogens (tertiary/aromatic N) is 3. The molecule has 1 saturated heterocycles. The van der Waals surface area contributed by atoms with E-state index in [0.29, 0.717) is 47.0 Å². The molecule has 2 amide bonds. The van der Waals surface area contributed by atoms with Gasteiger partial charge in [-0.2, -0.15) is 5.26 Å². The van der Waals surface area contributed by atoms with Crippen LogP contribution < -0.4 is 9.47 Å². The van der Waals surface area contributed by atoms with Gasteiger partial charge in [-0.1, -0.05) is 13.0 Å². The highest BCUT2D eigenvalue weighted by molar-refractivity contribution is 8.15. The van der Waals surface area contributed by atoms with Crippen molar-refractivity contribution in [3.63, 3.8) is 0 Å². The Balaban J connectivity index is 2.24. The first kappa shape index (κ1) is 27.5. The Morgan fingerprint density at radius 3 is 2.39 bits per heavy atom. The maximum absolute atomic E-state index is 14.3. The van der Waals surface area contributed by atoms with Gasteiger partial charge in [0, 0.05) is 19.9 Å². The Kier molecular flexibility index (Phi) is 8.30. The zero-order valence-corrected chi connectivity index (χ0v) is 22.2. The van der Waals surface area contributed by atoms with Crippen LogP contribution in [-0.4, -0.2) is 70.0 Å². The van der Waals surface area contributed by atoms with Crippen LogP contribution in [-0.2, 0) is 19.1 Å². The minimum Gasteiger partial charge on any atom is -0.461 e. The Bertz CT molecular complexity index is 1110. The number of carbonyl (C=O) groups excluding carboxylic acids is 4. The lowest BCUT2D eigenvalue weighted by atomic mass is 9.93. The molecule has 3 atom stereocenters. The fraction of sp³-hybridized carbons (Fsp3) is 0.522. The first-order valence-electron chi connectivity index (χ1n) is 11.0. The van der Waals surface area contributed by atoms with Crippen molar-refractivity contribution in [3.8, 4) is 17.6 Å². The van der Waals surface area contributed by atoms with Crippen LogP contribution >= 0.6 is 23.5 Å². The molecule has 2 aliphatic rings. The molecule has 1 fully saturated rings. The molecule has 1 aromatic carbocycles. The van der Waals surface area contributed by atoms with Gasteiger partial charge in [0.1, 0.15) is 0 Å². The highest BCUT2D eigenvalue weighted by Gasteiger charge is 2.64. The van der Waals surface area contributed by atoms with Gasteiger partial charge < -0.3 is 28.7 Å². The number of fused-ring (bicyclic) bond motifs is 1. The number of hydrogen-bond donors (Lipinski definition) is 0. The van der Waals surface area contributed by atoms with Gasteiger partial charge in [0.15, 0.2) is 21.2 Å². The SMILES string of the molecule is CC[C@H](c1ccc2c(c1)OCO2)N1C(=O)[C@](C)(SC(=O)OC)N(C)C(=O)C1(CCC#N)SC(=O)OC. The molecule has 0 bridgehead atoms. The number of amides is 2. The second kappa shape index (κ2) is 10.9. The molecule has 36 heavy (non-hydrogen) atoms. The largest absolute Gasteiger partial charge is 0.461 e. The van der Waals surface area contributed by atoms with Crippen LogP contribution in [0.1, 0.15) is 44.7 Å². The molecule has 13 heteroatoms. The number of thioether (sulfide) groups is 2. The number of benzene rings is 1. The topological polar surface area (TPSA) is 135 Å². The summed E-state index contributed by atoms with van der Waals surface area (Å²) in [6.45, 7) is 3.33. The van der Waals surface area contributed by atoms with E-state index >= 15 is 0 Å². The summed E-state index contributed by atoms with van der Waals surface area (Å²) >= 11 is 1.10. The van der Waals surface area contributed by atoms with Gasteiger partial charge in [-0.15, -0.1) is 0 Å². The molecule has 3 rings (SSSR count). The molecule has 0 spiro atoms. The van der Waals surface area contributed by atoms with Gasteiger partial charge in [-0.25, -0.2) is 9.59 Å². The summed E-state index contributed by atoms with van der Waals surface area (Å²) in [4.78, 5) is 52.2. The summed E-state index contributed by atoms with van der Waals surface area (Å²) in [5.41, 5.74) is 0.629. The van der Waals surface area contributed by atoms with Crippen LogP contribution in [0.15, 0.2) is 18.2 Å². The molecular formula is C23H27N3O8S2. The quantitative estimate of drug-likeness (QED) is 0.469. The lowest BCUT2D eigenvalue weighted by Crippen LogP contribution is -2.73. The van der Waals surface area contributed by atoms with Crippen LogP contribution in [0.4, 0.5) is 9.59 Å². The van der Waals surface area contributed by atoms with Gasteiger partial charge in [0.2, 0.25) is 6.79 Å². The molecule has 194 valence electrons. The number of nitriles is 1. The average molecular weight is 538 g/mol. The van der Waals surface area contributed by atoms with Crippen molar-refractivity contribution in [2.24, 2.45) is 0 Å². The van der Waals surface area contributed by atoms with E-state index in [1.54, 1.807) is 18.2 Å². The summed E-state index contributed by atoms with van der Waals surface area (Å²) in [5, 5.41) is 7.83. The van der Waals surface area contributed by atoms with Gasteiger partial charge >= 0.3 is 10.6 Å². The fourth-order valence-electron chi connectivity index (χ4n) is 4.26. The number of rotatable bonds is 7. The Morgan fingerprint density at radius 2 is 1.78 bits per heavy atom. The molecule has 11 nitrogen and oxygen atoms in total. The van der Waals surface area contributed by atoms with Crippen LogP contribution in [0.5, 0.6) is 11.5 Å². The molecule has 0 aromatic heterocycles. The standard InChI is InChI=1S/C23H27N3O8S2/c1-6-15(14-8-9-16-17(12-14)34-13-33-16)26-18(27)22(2,35-20(29)31-4)25(3)19(28)23(26,10-7-11-24)36-21(30)32-5/h8-9,12,15H,6-7,10,13H2,1-5H3/t15-,22+,23?/m1/s1. The van der Waals surface area contributed by atoms with Crippen LogP contribution in [0.2, 0.25) is 0 Å². The third kappa shape index (κ3) is 4.67. The molecule has 0 N–H and O–H groups in total. The van der Waals surface area contributed by atoms with E-state index in [1.165, 1.54) is 33.1 Å². The number of piperazine rings is 1. The number of methoxy groups -OCH3 is 2. The molecule has 0 radical (unpaired) electrons. The normalized spacial score (nSPS) is 23.8. The van der Waals surface area contributed by atoms with Crippen molar-refractivity contribution in [2.45, 2.75) is 48.9 Å². The van der Waals surface area contributed by atoms with Crippen molar-refractivity contribution in [2.75, 3.05) is 28.1 Å². The summed E-state index contributed by atoms with van der Waals surface area (Å²) in [7, 11) is 3.73.